The normalized spacial score (nSPS) is 15.6. The van der Waals surface area contributed by atoms with Gasteiger partial charge in [-0.2, -0.15) is 0 Å². The maximum atomic E-state index is 13.5. The lowest BCUT2D eigenvalue weighted by molar-refractivity contribution is 0.0694. The summed E-state index contributed by atoms with van der Waals surface area (Å²) in [5, 5.41) is 0. The van der Waals surface area contributed by atoms with Gasteiger partial charge in [0, 0.05) is 18.2 Å². The molecule has 1 heterocycles. The van der Waals surface area contributed by atoms with E-state index in [4.69, 9.17) is 9.47 Å². The Labute approximate surface area is 165 Å². The molecule has 0 saturated carbocycles. The van der Waals surface area contributed by atoms with Crippen LogP contribution in [0, 0.1) is 0 Å². The third-order valence-electron chi connectivity index (χ3n) is 5.26. The number of fused-ring (bicyclic) bond motifs is 1. The minimum atomic E-state index is -0.115. The number of methoxy groups -OCH3 is 2. The summed E-state index contributed by atoms with van der Waals surface area (Å²) in [5.41, 5.74) is 4.15. The van der Waals surface area contributed by atoms with E-state index >= 15 is 0 Å². The molecule has 1 aliphatic heterocycles. The van der Waals surface area contributed by atoms with Crippen LogP contribution in [0.1, 0.15) is 33.1 Å². The number of amides is 1. The van der Waals surface area contributed by atoms with Crippen LogP contribution in [-0.2, 0) is 6.42 Å². The molecule has 28 heavy (non-hydrogen) atoms. The lowest BCUT2D eigenvalue weighted by Gasteiger charge is -2.38. The van der Waals surface area contributed by atoms with Gasteiger partial charge in [-0.3, -0.25) is 4.79 Å². The molecule has 1 amide bonds. The summed E-state index contributed by atoms with van der Waals surface area (Å²) in [5.74, 6) is 1.19. The van der Waals surface area contributed by atoms with Gasteiger partial charge in [0.1, 0.15) is 11.5 Å². The van der Waals surface area contributed by atoms with E-state index in [1.54, 1.807) is 32.4 Å². The summed E-state index contributed by atoms with van der Waals surface area (Å²) < 4.78 is 10.7. The zero-order chi connectivity index (χ0) is 19.5. The average Bonchev–Trinajstić information content (AvgIpc) is 2.77. The van der Waals surface area contributed by atoms with Crippen molar-refractivity contribution in [1.29, 1.82) is 0 Å². The predicted octanol–water partition coefficient (Wildman–Crippen LogP) is 4.49. The lowest BCUT2D eigenvalue weighted by atomic mass is 9.87. The molecular formula is C24H23NO3. The molecule has 4 nitrogen and oxygen atoms in total. The molecular weight excluding hydrogens is 350 g/mol. The standard InChI is InChI=1S/C24H23NO3/c1-27-20-14-19(15-21(16-20)28-2)24(26)25-13-12-17-8-6-7-11-22(17)23(25)18-9-4-3-5-10-18/h3-11,14-16,23H,12-13H2,1-2H3. The molecule has 0 N–H and O–H groups in total. The first-order valence-electron chi connectivity index (χ1n) is 9.38. The van der Waals surface area contributed by atoms with Gasteiger partial charge in [0.25, 0.3) is 5.91 Å². The Balaban J connectivity index is 1.79. The van der Waals surface area contributed by atoms with Crippen LogP contribution >= 0.6 is 0 Å². The number of nitrogens with zero attached hydrogens (tertiary/aromatic N) is 1. The second kappa shape index (κ2) is 7.77. The highest BCUT2D eigenvalue weighted by Gasteiger charge is 2.32. The monoisotopic (exact) mass is 373 g/mol. The van der Waals surface area contributed by atoms with Gasteiger partial charge in [-0.15, -0.1) is 0 Å². The minimum absolute atomic E-state index is 0.0273. The van der Waals surface area contributed by atoms with Crippen molar-refractivity contribution in [2.24, 2.45) is 0 Å². The Morgan fingerprint density at radius 3 is 2.21 bits per heavy atom. The molecule has 3 aromatic rings. The Kier molecular flexibility index (Phi) is 5.02. The summed E-state index contributed by atoms with van der Waals surface area (Å²) in [6.07, 6.45) is 0.840. The SMILES string of the molecule is COc1cc(OC)cc(C(=O)N2CCc3ccccc3C2c2ccccc2)c1. The smallest absolute Gasteiger partial charge is 0.254 e. The molecule has 0 aromatic heterocycles. The van der Waals surface area contributed by atoms with Crippen LogP contribution in [0.4, 0.5) is 0 Å². The van der Waals surface area contributed by atoms with Gasteiger partial charge in [-0.25, -0.2) is 0 Å². The summed E-state index contributed by atoms with van der Waals surface area (Å²) in [6.45, 7) is 0.662. The van der Waals surface area contributed by atoms with Crippen LogP contribution in [0.15, 0.2) is 72.8 Å². The summed E-state index contributed by atoms with van der Waals surface area (Å²) >= 11 is 0. The fourth-order valence-electron chi connectivity index (χ4n) is 3.88. The van der Waals surface area contributed by atoms with Crippen molar-refractivity contribution in [1.82, 2.24) is 4.90 Å². The molecule has 0 bridgehead atoms. The van der Waals surface area contributed by atoms with Crippen molar-refractivity contribution in [2.75, 3.05) is 20.8 Å². The van der Waals surface area contributed by atoms with E-state index in [0.717, 1.165) is 12.0 Å². The topological polar surface area (TPSA) is 38.8 Å². The minimum Gasteiger partial charge on any atom is -0.497 e. The molecule has 0 saturated heterocycles. The first-order chi connectivity index (χ1) is 13.7. The number of ether oxygens (including phenoxy) is 2. The Hall–Kier alpha value is -3.27. The second-order valence-electron chi connectivity index (χ2n) is 6.86. The number of carbonyl (C=O) groups is 1. The molecule has 142 valence electrons. The molecule has 0 aliphatic carbocycles. The molecule has 1 atom stereocenters. The van der Waals surface area contributed by atoms with Crippen LogP contribution in [-0.4, -0.2) is 31.6 Å². The van der Waals surface area contributed by atoms with Crippen molar-refractivity contribution >= 4 is 5.91 Å². The van der Waals surface area contributed by atoms with Crippen LogP contribution in [0.2, 0.25) is 0 Å². The highest BCUT2D eigenvalue weighted by atomic mass is 16.5. The van der Waals surface area contributed by atoms with Gasteiger partial charge in [-0.05, 0) is 35.2 Å². The average molecular weight is 373 g/mol. The lowest BCUT2D eigenvalue weighted by Crippen LogP contribution is -2.40. The number of hydrogen-bond donors (Lipinski definition) is 0. The summed E-state index contributed by atoms with van der Waals surface area (Å²) in [4.78, 5) is 15.5. The highest BCUT2D eigenvalue weighted by Crippen LogP contribution is 2.36. The van der Waals surface area contributed by atoms with Crippen LogP contribution in [0.25, 0.3) is 0 Å². The fourth-order valence-corrected chi connectivity index (χ4v) is 3.88. The number of benzene rings is 3. The zero-order valence-corrected chi connectivity index (χ0v) is 16.1. The van der Waals surface area contributed by atoms with E-state index in [1.807, 2.05) is 29.2 Å². The molecule has 4 rings (SSSR count). The van der Waals surface area contributed by atoms with E-state index in [0.29, 0.717) is 23.6 Å². The van der Waals surface area contributed by atoms with Crippen LogP contribution in [0.5, 0.6) is 11.5 Å². The number of carbonyl (C=O) groups excluding carboxylic acids is 1. The van der Waals surface area contributed by atoms with E-state index in [1.165, 1.54) is 11.1 Å². The quantitative estimate of drug-likeness (QED) is 0.676. The maximum absolute atomic E-state index is 13.5. The van der Waals surface area contributed by atoms with Gasteiger partial charge >= 0.3 is 0 Å². The zero-order valence-electron chi connectivity index (χ0n) is 16.1. The van der Waals surface area contributed by atoms with Crippen molar-refractivity contribution < 1.29 is 14.3 Å². The van der Waals surface area contributed by atoms with Crippen molar-refractivity contribution in [3.8, 4) is 11.5 Å². The first kappa shape index (κ1) is 18.1. The Bertz CT molecular complexity index is 962. The molecule has 1 unspecified atom stereocenters. The number of rotatable bonds is 4. The van der Waals surface area contributed by atoms with E-state index in [2.05, 4.69) is 30.3 Å². The van der Waals surface area contributed by atoms with Crippen LogP contribution < -0.4 is 9.47 Å². The molecule has 3 aromatic carbocycles. The Morgan fingerprint density at radius 1 is 0.893 bits per heavy atom. The Morgan fingerprint density at radius 2 is 1.54 bits per heavy atom. The third kappa shape index (κ3) is 3.33. The second-order valence-corrected chi connectivity index (χ2v) is 6.86. The van der Waals surface area contributed by atoms with Crippen LogP contribution in [0.3, 0.4) is 0 Å². The van der Waals surface area contributed by atoms with E-state index in [-0.39, 0.29) is 11.9 Å². The van der Waals surface area contributed by atoms with Gasteiger partial charge in [0.05, 0.1) is 20.3 Å². The van der Waals surface area contributed by atoms with Gasteiger partial charge in [0.2, 0.25) is 0 Å². The molecule has 4 heteroatoms. The molecule has 0 fully saturated rings. The van der Waals surface area contributed by atoms with Crippen molar-refractivity contribution in [2.45, 2.75) is 12.5 Å². The van der Waals surface area contributed by atoms with Gasteiger partial charge < -0.3 is 14.4 Å². The van der Waals surface area contributed by atoms with E-state index in [9.17, 15) is 4.79 Å². The van der Waals surface area contributed by atoms with Crippen molar-refractivity contribution in [3.63, 3.8) is 0 Å². The van der Waals surface area contributed by atoms with Gasteiger partial charge in [-0.1, -0.05) is 54.6 Å². The van der Waals surface area contributed by atoms with E-state index < -0.39 is 0 Å². The van der Waals surface area contributed by atoms with Crippen molar-refractivity contribution in [3.05, 3.63) is 95.1 Å². The maximum Gasteiger partial charge on any atom is 0.254 e. The largest absolute Gasteiger partial charge is 0.497 e. The molecule has 0 spiro atoms. The molecule has 1 aliphatic rings. The van der Waals surface area contributed by atoms with Gasteiger partial charge in [0.15, 0.2) is 0 Å². The first-order valence-corrected chi connectivity index (χ1v) is 9.38. The number of hydrogen-bond acceptors (Lipinski definition) is 3. The highest BCUT2D eigenvalue weighted by molar-refractivity contribution is 5.96. The third-order valence-corrected chi connectivity index (χ3v) is 5.26. The summed E-state index contributed by atoms with van der Waals surface area (Å²) in [7, 11) is 3.18. The molecule has 0 radical (unpaired) electrons. The fraction of sp³-hybridized carbons (Fsp3) is 0.208. The summed E-state index contributed by atoms with van der Waals surface area (Å²) in [6, 6.07) is 23.8. The predicted molar refractivity (Wildman–Crippen MR) is 109 cm³/mol.